The molecule has 9 heteroatoms. The van der Waals surface area contributed by atoms with E-state index in [0.717, 1.165) is 5.06 Å². The molecule has 0 amide bonds. The van der Waals surface area contributed by atoms with Crippen LogP contribution >= 0.6 is 0 Å². The third-order valence-corrected chi connectivity index (χ3v) is 5.23. The van der Waals surface area contributed by atoms with Gasteiger partial charge in [0.2, 0.25) is 0 Å². The first-order chi connectivity index (χ1) is 12.5. The van der Waals surface area contributed by atoms with Crippen LogP contribution in [0.25, 0.3) is 5.57 Å². The van der Waals surface area contributed by atoms with Crippen LogP contribution in [0.1, 0.15) is 52.3 Å². The maximum atomic E-state index is 12.5. The Morgan fingerprint density at radius 3 is 2.52 bits per heavy atom. The summed E-state index contributed by atoms with van der Waals surface area (Å²) < 4.78 is 6.76. The minimum atomic E-state index is -0.900. The van der Waals surface area contributed by atoms with E-state index in [1.165, 1.54) is 10.8 Å². The molecule has 2 aliphatic rings. The second-order valence-electron chi connectivity index (χ2n) is 8.43. The monoisotopic (exact) mass is 380 g/mol. The maximum Gasteiger partial charge on any atom is 0.330 e. The highest BCUT2D eigenvalue weighted by Crippen LogP contribution is 2.39. The van der Waals surface area contributed by atoms with Gasteiger partial charge in [-0.3, -0.25) is 14.3 Å². The van der Waals surface area contributed by atoms with E-state index >= 15 is 0 Å². The molecule has 1 aromatic rings. The summed E-state index contributed by atoms with van der Waals surface area (Å²) in [6, 6.07) is 0. The first-order valence-corrected chi connectivity index (χ1v) is 8.96. The van der Waals surface area contributed by atoms with Crippen LogP contribution in [0, 0.1) is 0 Å². The van der Waals surface area contributed by atoms with Gasteiger partial charge in [-0.25, -0.2) is 4.79 Å². The van der Waals surface area contributed by atoms with Gasteiger partial charge in [0.15, 0.2) is 0 Å². The van der Waals surface area contributed by atoms with Crippen LogP contribution in [-0.4, -0.2) is 54.7 Å². The summed E-state index contributed by atoms with van der Waals surface area (Å²) in [6.07, 6.45) is 1.15. The van der Waals surface area contributed by atoms with Crippen LogP contribution < -0.4 is 11.2 Å². The lowest BCUT2D eigenvalue weighted by molar-refractivity contribution is -0.260. The van der Waals surface area contributed by atoms with Crippen LogP contribution in [0.5, 0.6) is 0 Å². The van der Waals surface area contributed by atoms with Crippen molar-refractivity contribution in [1.82, 2.24) is 14.6 Å². The van der Waals surface area contributed by atoms with E-state index in [9.17, 15) is 25.0 Å². The average Bonchev–Trinajstić information content (AvgIpc) is 2.92. The van der Waals surface area contributed by atoms with Crippen LogP contribution in [0.3, 0.4) is 0 Å². The molecule has 0 unspecified atom stereocenters. The predicted molar refractivity (Wildman–Crippen MR) is 96.2 cm³/mol. The standard InChI is InChI=1S/C18H26N3O6/c1-17(2)6-10(7-18(3,4)21(17)26)11-8-20(16(25)19-15(11)24)14-5-12(23)13(9-22)27-14/h6,8,12-14,22-23H,5,7,9H2,1-4H3,(H,19,24,25)/t12-,13+,14+/m0/s1. The summed E-state index contributed by atoms with van der Waals surface area (Å²) in [7, 11) is 0. The summed E-state index contributed by atoms with van der Waals surface area (Å²) in [6.45, 7) is 6.79. The molecule has 0 bridgehead atoms. The topological polar surface area (TPSA) is 128 Å². The highest BCUT2D eigenvalue weighted by Gasteiger charge is 2.43. The number of nitrogens with zero attached hydrogens (tertiary/aromatic N) is 2. The van der Waals surface area contributed by atoms with Crippen molar-refractivity contribution in [3.8, 4) is 0 Å². The molecule has 9 nitrogen and oxygen atoms in total. The Morgan fingerprint density at radius 1 is 1.30 bits per heavy atom. The van der Waals surface area contributed by atoms with E-state index in [1.807, 2.05) is 0 Å². The zero-order valence-electron chi connectivity index (χ0n) is 15.9. The Labute approximate surface area is 156 Å². The minimum Gasteiger partial charge on any atom is -0.394 e. The van der Waals surface area contributed by atoms with Gasteiger partial charge in [0.25, 0.3) is 5.56 Å². The van der Waals surface area contributed by atoms with Crippen molar-refractivity contribution < 1.29 is 20.2 Å². The largest absolute Gasteiger partial charge is 0.394 e. The quantitative estimate of drug-likeness (QED) is 0.686. The van der Waals surface area contributed by atoms with Gasteiger partial charge in [0.05, 0.1) is 23.8 Å². The fraction of sp³-hybridized carbons (Fsp3) is 0.667. The Kier molecular flexibility index (Phi) is 4.94. The van der Waals surface area contributed by atoms with E-state index in [2.05, 4.69) is 4.98 Å². The lowest BCUT2D eigenvalue weighted by atomic mass is 9.81. The number of hydrogen-bond donors (Lipinski definition) is 3. The highest BCUT2D eigenvalue weighted by atomic mass is 16.5. The summed E-state index contributed by atoms with van der Waals surface area (Å²) in [5.41, 5.74) is -1.76. The number of aromatic amines is 1. The van der Waals surface area contributed by atoms with Gasteiger partial charge in [-0.2, -0.15) is 0 Å². The molecule has 3 rings (SSSR count). The molecule has 3 N–H and O–H groups in total. The lowest BCUT2D eigenvalue weighted by Gasteiger charge is -2.45. The van der Waals surface area contributed by atoms with Crippen molar-refractivity contribution in [2.75, 3.05) is 6.61 Å². The third-order valence-electron chi connectivity index (χ3n) is 5.23. The molecule has 149 valence electrons. The molecule has 27 heavy (non-hydrogen) atoms. The molecule has 1 radical (unpaired) electrons. The van der Waals surface area contributed by atoms with Crippen molar-refractivity contribution in [3.63, 3.8) is 0 Å². The van der Waals surface area contributed by atoms with Gasteiger partial charge in [-0.1, -0.05) is 6.08 Å². The fourth-order valence-electron chi connectivity index (χ4n) is 4.01. The summed E-state index contributed by atoms with van der Waals surface area (Å²) in [5, 5.41) is 32.7. The first kappa shape index (κ1) is 20.0. The van der Waals surface area contributed by atoms with Gasteiger partial charge in [0.1, 0.15) is 12.3 Å². The van der Waals surface area contributed by atoms with Crippen molar-refractivity contribution >= 4 is 5.57 Å². The highest BCUT2D eigenvalue weighted by molar-refractivity contribution is 5.67. The molecular formula is C18H26N3O6. The van der Waals surface area contributed by atoms with Gasteiger partial charge in [-0.15, -0.1) is 10.3 Å². The van der Waals surface area contributed by atoms with Gasteiger partial charge in [-0.05, 0) is 39.7 Å². The van der Waals surface area contributed by atoms with Crippen LogP contribution in [0.2, 0.25) is 0 Å². The lowest BCUT2D eigenvalue weighted by Crippen LogP contribution is -2.54. The van der Waals surface area contributed by atoms with E-state index in [0.29, 0.717) is 12.0 Å². The molecule has 2 aliphatic heterocycles. The van der Waals surface area contributed by atoms with E-state index < -0.39 is 40.8 Å². The zero-order valence-corrected chi connectivity index (χ0v) is 15.9. The molecule has 0 aromatic carbocycles. The van der Waals surface area contributed by atoms with Crippen LogP contribution in [0.15, 0.2) is 21.9 Å². The van der Waals surface area contributed by atoms with E-state index in [1.54, 1.807) is 33.8 Å². The van der Waals surface area contributed by atoms with Crippen molar-refractivity contribution in [2.45, 2.75) is 70.1 Å². The van der Waals surface area contributed by atoms with Gasteiger partial charge < -0.3 is 14.9 Å². The van der Waals surface area contributed by atoms with E-state index in [4.69, 9.17) is 4.74 Å². The zero-order chi connectivity index (χ0) is 20.1. The summed E-state index contributed by atoms with van der Waals surface area (Å²) in [4.78, 5) is 27.0. The summed E-state index contributed by atoms with van der Waals surface area (Å²) in [5.74, 6) is 0. The number of rotatable bonds is 3. The van der Waals surface area contributed by atoms with Gasteiger partial charge >= 0.3 is 5.69 Å². The van der Waals surface area contributed by atoms with Crippen molar-refractivity contribution in [2.24, 2.45) is 0 Å². The molecule has 3 atom stereocenters. The van der Waals surface area contributed by atoms with Crippen LogP contribution in [-0.2, 0) is 9.94 Å². The average molecular weight is 380 g/mol. The number of nitrogens with one attached hydrogen (secondary N) is 1. The molecule has 0 aliphatic carbocycles. The Bertz CT molecular complexity index is 869. The number of ether oxygens (including phenoxy) is 1. The Hall–Kier alpha value is -1.78. The summed E-state index contributed by atoms with van der Waals surface area (Å²) >= 11 is 0. The second-order valence-corrected chi connectivity index (χ2v) is 8.43. The maximum absolute atomic E-state index is 12.5. The SMILES string of the molecule is CC1(C)C=C(c2cn([C@H]3C[C@H](O)[C@@H](CO)O3)c(=O)[nH]c2=O)CC(C)(C)N1[O]. The molecular weight excluding hydrogens is 354 g/mol. The fourth-order valence-corrected chi connectivity index (χ4v) is 4.01. The molecule has 0 saturated carbocycles. The Morgan fingerprint density at radius 2 is 1.96 bits per heavy atom. The number of H-pyrrole nitrogens is 1. The number of hydroxylamine groups is 2. The number of hydrogen-bond acceptors (Lipinski definition) is 6. The van der Waals surface area contributed by atoms with Gasteiger partial charge in [0, 0.05) is 18.2 Å². The predicted octanol–water partition coefficient (Wildman–Crippen LogP) is 0.169. The second kappa shape index (κ2) is 6.68. The van der Waals surface area contributed by atoms with E-state index in [-0.39, 0.29) is 18.6 Å². The Balaban J connectivity index is 2.05. The van der Waals surface area contributed by atoms with Crippen molar-refractivity contribution in [3.05, 3.63) is 38.7 Å². The normalized spacial score (nSPS) is 30.3. The molecule has 0 spiro atoms. The minimum absolute atomic E-state index is 0.126. The molecule has 1 aromatic heterocycles. The third kappa shape index (κ3) is 3.53. The molecule has 3 heterocycles. The smallest absolute Gasteiger partial charge is 0.330 e. The molecule has 1 saturated heterocycles. The number of aliphatic hydroxyl groups excluding tert-OH is 2. The molecule has 1 fully saturated rings. The number of aromatic nitrogens is 2. The first-order valence-electron chi connectivity index (χ1n) is 8.96. The van der Waals surface area contributed by atoms with Crippen molar-refractivity contribution in [1.29, 1.82) is 0 Å². The number of aliphatic hydroxyl groups is 2. The van der Waals surface area contributed by atoms with Crippen LogP contribution in [0.4, 0.5) is 0 Å².